The molecule has 1 unspecified atom stereocenters. The Morgan fingerprint density at radius 2 is 2.11 bits per heavy atom. The molecule has 0 saturated carbocycles. The van der Waals surface area contributed by atoms with E-state index >= 15 is 0 Å². The quantitative estimate of drug-likeness (QED) is 0.898. The van der Waals surface area contributed by atoms with Crippen molar-refractivity contribution in [2.75, 3.05) is 26.3 Å². The van der Waals surface area contributed by atoms with Gasteiger partial charge in [0, 0.05) is 25.7 Å². The van der Waals surface area contributed by atoms with Crippen molar-refractivity contribution in [3.63, 3.8) is 0 Å². The first kappa shape index (κ1) is 13.1. The summed E-state index contributed by atoms with van der Waals surface area (Å²) < 4.78 is 7.84. The van der Waals surface area contributed by atoms with Gasteiger partial charge < -0.3 is 14.6 Å². The van der Waals surface area contributed by atoms with Crippen LogP contribution in [-0.4, -0.2) is 41.1 Å². The summed E-state index contributed by atoms with van der Waals surface area (Å²) in [5, 5.41) is 12.2. The zero-order chi connectivity index (χ0) is 13.1. The van der Waals surface area contributed by atoms with Gasteiger partial charge in [0.05, 0.1) is 0 Å². The number of nitrogens with one attached hydrogen (secondary N) is 1. The normalized spacial score (nSPS) is 25.6. The molecule has 2 saturated heterocycles. The molecule has 2 aliphatic rings. The third-order valence-corrected chi connectivity index (χ3v) is 4.36. The van der Waals surface area contributed by atoms with Crippen molar-refractivity contribution in [3.05, 3.63) is 11.6 Å². The molecule has 2 aliphatic heterocycles. The van der Waals surface area contributed by atoms with E-state index in [2.05, 4.69) is 27.0 Å². The monoisotopic (exact) mass is 264 g/mol. The summed E-state index contributed by atoms with van der Waals surface area (Å²) in [5.41, 5.74) is 0. The van der Waals surface area contributed by atoms with E-state index in [0.717, 1.165) is 50.8 Å². The topological polar surface area (TPSA) is 52.0 Å². The Labute approximate surface area is 114 Å². The van der Waals surface area contributed by atoms with Crippen molar-refractivity contribution in [1.29, 1.82) is 0 Å². The Kier molecular flexibility index (Phi) is 4.13. The van der Waals surface area contributed by atoms with Gasteiger partial charge >= 0.3 is 0 Å². The van der Waals surface area contributed by atoms with Crippen LogP contribution in [-0.2, 0) is 11.2 Å². The van der Waals surface area contributed by atoms with Crippen molar-refractivity contribution in [3.8, 4) is 0 Å². The summed E-state index contributed by atoms with van der Waals surface area (Å²) >= 11 is 0. The molecule has 5 nitrogen and oxygen atoms in total. The molecule has 3 rings (SSSR count). The Bertz CT molecular complexity index is 406. The van der Waals surface area contributed by atoms with Crippen LogP contribution < -0.4 is 5.32 Å². The second-order valence-corrected chi connectivity index (χ2v) is 5.79. The maximum absolute atomic E-state index is 5.46. The molecule has 1 aromatic rings. The lowest BCUT2D eigenvalue weighted by atomic mass is 9.95. The van der Waals surface area contributed by atoms with Crippen LogP contribution in [0.25, 0.3) is 0 Å². The lowest BCUT2D eigenvalue weighted by Gasteiger charge is -2.27. The molecule has 19 heavy (non-hydrogen) atoms. The van der Waals surface area contributed by atoms with Crippen LogP contribution in [0.3, 0.4) is 0 Å². The summed E-state index contributed by atoms with van der Waals surface area (Å²) in [5.74, 6) is 2.96. The SMILES string of the molecule is Cc1nnc(CC2CCCNC2)n1C1CCOCC1. The third kappa shape index (κ3) is 2.98. The van der Waals surface area contributed by atoms with E-state index in [-0.39, 0.29) is 0 Å². The molecular formula is C14H24N4O. The molecule has 0 aromatic carbocycles. The van der Waals surface area contributed by atoms with Crippen molar-refractivity contribution < 1.29 is 4.74 Å². The predicted molar refractivity (Wildman–Crippen MR) is 73.1 cm³/mol. The molecule has 2 fully saturated rings. The highest BCUT2D eigenvalue weighted by atomic mass is 16.5. The van der Waals surface area contributed by atoms with Gasteiger partial charge in [-0.3, -0.25) is 0 Å². The van der Waals surface area contributed by atoms with Crippen molar-refractivity contribution in [1.82, 2.24) is 20.1 Å². The molecule has 0 radical (unpaired) electrons. The molecule has 0 bridgehead atoms. The fourth-order valence-electron chi connectivity index (χ4n) is 3.33. The Morgan fingerprint density at radius 1 is 1.26 bits per heavy atom. The van der Waals surface area contributed by atoms with Crippen molar-refractivity contribution in [2.24, 2.45) is 5.92 Å². The lowest BCUT2D eigenvalue weighted by molar-refractivity contribution is 0.0680. The van der Waals surface area contributed by atoms with Crippen molar-refractivity contribution >= 4 is 0 Å². The highest BCUT2D eigenvalue weighted by Crippen LogP contribution is 2.25. The number of aryl methyl sites for hydroxylation is 1. The van der Waals surface area contributed by atoms with E-state index in [1.165, 1.54) is 25.2 Å². The van der Waals surface area contributed by atoms with Crippen LogP contribution in [0.1, 0.15) is 43.4 Å². The van der Waals surface area contributed by atoms with Gasteiger partial charge in [-0.1, -0.05) is 0 Å². The zero-order valence-electron chi connectivity index (χ0n) is 11.8. The van der Waals surface area contributed by atoms with Crippen LogP contribution in [0.15, 0.2) is 0 Å². The molecule has 1 atom stereocenters. The van der Waals surface area contributed by atoms with Gasteiger partial charge in [0.25, 0.3) is 0 Å². The zero-order valence-corrected chi connectivity index (χ0v) is 11.8. The van der Waals surface area contributed by atoms with Crippen LogP contribution in [0.2, 0.25) is 0 Å². The standard InChI is InChI=1S/C14H24N4O/c1-11-16-17-14(9-12-3-2-6-15-10-12)18(11)13-4-7-19-8-5-13/h12-13,15H,2-10H2,1H3. The minimum Gasteiger partial charge on any atom is -0.381 e. The number of aromatic nitrogens is 3. The highest BCUT2D eigenvalue weighted by molar-refractivity contribution is 4.99. The van der Waals surface area contributed by atoms with Crippen LogP contribution >= 0.6 is 0 Å². The van der Waals surface area contributed by atoms with E-state index in [4.69, 9.17) is 4.74 Å². The van der Waals surface area contributed by atoms with Crippen molar-refractivity contribution in [2.45, 2.75) is 45.1 Å². The first-order valence-corrected chi connectivity index (χ1v) is 7.53. The van der Waals surface area contributed by atoms with E-state index < -0.39 is 0 Å². The number of rotatable bonds is 3. The molecule has 5 heteroatoms. The first-order valence-electron chi connectivity index (χ1n) is 7.53. The maximum Gasteiger partial charge on any atom is 0.133 e. The molecule has 0 amide bonds. The number of hydrogen-bond donors (Lipinski definition) is 1. The van der Waals surface area contributed by atoms with Gasteiger partial charge in [-0.25, -0.2) is 0 Å². The van der Waals surface area contributed by atoms with E-state index in [1.54, 1.807) is 0 Å². The van der Waals surface area contributed by atoms with E-state index in [0.29, 0.717) is 6.04 Å². The fraction of sp³-hybridized carbons (Fsp3) is 0.857. The molecule has 3 heterocycles. The summed E-state index contributed by atoms with van der Waals surface area (Å²) in [6.45, 7) is 6.10. The molecular weight excluding hydrogens is 240 g/mol. The smallest absolute Gasteiger partial charge is 0.133 e. The summed E-state index contributed by atoms with van der Waals surface area (Å²) in [4.78, 5) is 0. The fourth-order valence-corrected chi connectivity index (χ4v) is 3.33. The van der Waals surface area contributed by atoms with Crippen LogP contribution in [0.4, 0.5) is 0 Å². The van der Waals surface area contributed by atoms with Gasteiger partial charge in [0.2, 0.25) is 0 Å². The number of nitrogens with zero attached hydrogens (tertiary/aromatic N) is 3. The summed E-state index contributed by atoms with van der Waals surface area (Å²) in [7, 11) is 0. The third-order valence-electron chi connectivity index (χ3n) is 4.36. The minimum atomic E-state index is 0.537. The average Bonchev–Trinajstić information content (AvgIpc) is 2.82. The lowest BCUT2D eigenvalue weighted by Crippen LogP contribution is -2.32. The first-order chi connectivity index (χ1) is 9.34. The van der Waals surface area contributed by atoms with E-state index in [9.17, 15) is 0 Å². The number of piperidine rings is 1. The second kappa shape index (κ2) is 6.01. The van der Waals surface area contributed by atoms with Gasteiger partial charge in [-0.05, 0) is 51.6 Å². The van der Waals surface area contributed by atoms with Crippen LogP contribution in [0.5, 0.6) is 0 Å². The average molecular weight is 264 g/mol. The van der Waals surface area contributed by atoms with Gasteiger partial charge in [0.1, 0.15) is 11.6 Å². The molecule has 1 N–H and O–H groups in total. The molecule has 106 valence electrons. The van der Waals surface area contributed by atoms with E-state index in [1.807, 2.05) is 0 Å². The number of ether oxygens (including phenoxy) is 1. The Hall–Kier alpha value is -0.940. The minimum absolute atomic E-state index is 0.537. The van der Waals surface area contributed by atoms with Gasteiger partial charge in [-0.15, -0.1) is 10.2 Å². The van der Waals surface area contributed by atoms with Crippen LogP contribution in [0, 0.1) is 12.8 Å². The number of hydrogen-bond acceptors (Lipinski definition) is 4. The highest BCUT2D eigenvalue weighted by Gasteiger charge is 2.23. The van der Waals surface area contributed by atoms with Gasteiger partial charge in [-0.2, -0.15) is 0 Å². The summed E-state index contributed by atoms with van der Waals surface area (Å²) in [6, 6.07) is 0.537. The second-order valence-electron chi connectivity index (χ2n) is 5.79. The molecule has 0 spiro atoms. The summed E-state index contributed by atoms with van der Waals surface area (Å²) in [6.07, 6.45) is 5.84. The Balaban J connectivity index is 1.73. The van der Waals surface area contributed by atoms with Gasteiger partial charge in [0.15, 0.2) is 0 Å². The molecule has 1 aromatic heterocycles. The maximum atomic E-state index is 5.46. The Morgan fingerprint density at radius 3 is 2.84 bits per heavy atom. The molecule has 0 aliphatic carbocycles. The predicted octanol–water partition coefficient (Wildman–Crippen LogP) is 1.48. The largest absolute Gasteiger partial charge is 0.381 e.